The lowest BCUT2D eigenvalue weighted by atomic mass is 10.1. The van der Waals surface area contributed by atoms with E-state index >= 15 is 0 Å². The third-order valence-electron chi connectivity index (χ3n) is 2.10. The van der Waals surface area contributed by atoms with Crippen LogP contribution in [0.4, 0.5) is 0 Å². The summed E-state index contributed by atoms with van der Waals surface area (Å²) in [5.41, 5.74) is 2.99. The van der Waals surface area contributed by atoms with Gasteiger partial charge in [0.1, 0.15) is 0 Å². The van der Waals surface area contributed by atoms with Gasteiger partial charge in [-0.2, -0.15) is 0 Å². The zero-order valence-corrected chi connectivity index (χ0v) is 7.45. The minimum absolute atomic E-state index is 1.12. The van der Waals surface area contributed by atoms with E-state index in [2.05, 4.69) is 11.9 Å². The molecule has 0 unspecified atom stereocenters. The fraction of sp³-hybridized carbons (Fsp3) is 0.444. The zero-order valence-electron chi connectivity index (χ0n) is 6.63. The molecule has 1 aliphatic heterocycles. The molecule has 0 amide bonds. The van der Waals surface area contributed by atoms with Gasteiger partial charge in [0.15, 0.2) is 0 Å². The molecular weight excluding hydrogens is 154 g/mol. The van der Waals surface area contributed by atoms with Crippen molar-refractivity contribution in [3.63, 3.8) is 0 Å². The summed E-state index contributed by atoms with van der Waals surface area (Å²) in [6, 6.07) is 0. The second kappa shape index (κ2) is 2.86. The first-order valence-corrected chi connectivity index (χ1v) is 4.99. The van der Waals surface area contributed by atoms with Gasteiger partial charge in [-0.15, -0.1) is 11.8 Å². The Hall–Kier alpha value is -0.500. The number of nitrogens with zero attached hydrogens (tertiary/aromatic N) is 1. The second-order valence-electron chi connectivity index (χ2n) is 2.73. The number of hydrogen-bond acceptors (Lipinski definition) is 2. The Kier molecular flexibility index (Phi) is 1.86. The van der Waals surface area contributed by atoms with Crippen molar-refractivity contribution in [2.75, 3.05) is 5.75 Å². The van der Waals surface area contributed by atoms with Crippen molar-refractivity contribution >= 4 is 11.8 Å². The van der Waals surface area contributed by atoms with E-state index in [-0.39, 0.29) is 0 Å². The number of hydrogen-bond donors (Lipinski definition) is 0. The second-order valence-corrected chi connectivity index (χ2v) is 3.86. The fourth-order valence-corrected chi connectivity index (χ4v) is 2.55. The van der Waals surface area contributed by atoms with Crippen LogP contribution in [-0.4, -0.2) is 10.7 Å². The lowest BCUT2D eigenvalue weighted by Gasteiger charge is -2.02. The molecule has 1 aliphatic rings. The van der Waals surface area contributed by atoms with E-state index in [1.165, 1.54) is 22.6 Å². The largest absolute Gasteiger partial charge is 0.263 e. The van der Waals surface area contributed by atoms with Gasteiger partial charge in [-0.3, -0.25) is 4.98 Å². The van der Waals surface area contributed by atoms with Crippen LogP contribution in [0.5, 0.6) is 0 Å². The molecule has 11 heavy (non-hydrogen) atoms. The fourth-order valence-electron chi connectivity index (χ4n) is 1.48. The number of aromatic nitrogens is 1. The average molecular weight is 165 g/mol. The zero-order chi connectivity index (χ0) is 7.68. The molecule has 2 heterocycles. The third-order valence-corrected chi connectivity index (χ3v) is 3.17. The maximum atomic E-state index is 4.21. The van der Waals surface area contributed by atoms with E-state index < -0.39 is 0 Å². The summed E-state index contributed by atoms with van der Waals surface area (Å²) < 4.78 is 0. The van der Waals surface area contributed by atoms with Crippen LogP contribution in [0, 0.1) is 0 Å². The molecule has 0 radical (unpaired) electrons. The minimum atomic E-state index is 1.12. The Labute approximate surface area is 71.2 Å². The number of rotatable bonds is 1. The maximum absolute atomic E-state index is 4.21. The highest BCUT2D eigenvalue weighted by atomic mass is 32.2. The van der Waals surface area contributed by atoms with Crippen LogP contribution in [-0.2, 0) is 12.8 Å². The van der Waals surface area contributed by atoms with E-state index in [1.807, 2.05) is 24.2 Å². The van der Waals surface area contributed by atoms with Gasteiger partial charge in [-0.05, 0) is 24.0 Å². The Balaban J connectivity index is 2.50. The van der Waals surface area contributed by atoms with Gasteiger partial charge in [0.2, 0.25) is 0 Å². The molecule has 0 saturated heterocycles. The summed E-state index contributed by atoms with van der Waals surface area (Å²) in [6.45, 7) is 2.19. The van der Waals surface area contributed by atoms with Crippen molar-refractivity contribution < 1.29 is 0 Å². The smallest absolute Gasteiger partial charge is 0.0406 e. The molecule has 0 bridgehead atoms. The number of thioether (sulfide) groups is 1. The van der Waals surface area contributed by atoms with E-state index in [4.69, 9.17) is 0 Å². The molecule has 0 N–H and O–H groups in total. The third kappa shape index (κ3) is 1.16. The summed E-state index contributed by atoms with van der Waals surface area (Å²) in [5.74, 6) is 1.24. The molecule has 1 aromatic heterocycles. The Bertz CT molecular complexity index is 270. The first kappa shape index (κ1) is 7.17. The molecule has 1 nitrogen and oxygen atoms in total. The molecule has 2 heteroatoms. The average Bonchev–Trinajstić information content (AvgIpc) is 2.50. The first-order valence-electron chi connectivity index (χ1n) is 4.00. The monoisotopic (exact) mass is 165 g/mol. The SMILES string of the molecule is CCc1cncc2c1CCS2. The summed E-state index contributed by atoms with van der Waals surface area (Å²) in [6.07, 6.45) is 6.36. The predicted octanol–water partition coefficient (Wildman–Crippen LogP) is 2.29. The normalized spacial score (nSPS) is 15.0. The molecule has 1 aromatic rings. The maximum Gasteiger partial charge on any atom is 0.0406 e. The molecule has 0 fully saturated rings. The van der Waals surface area contributed by atoms with Gasteiger partial charge in [0.05, 0.1) is 0 Å². The molecule has 0 aliphatic carbocycles. The van der Waals surface area contributed by atoms with Crippen LogP contribution < -0.4 is 0 Å². The molecule has 2 rings (SSSR count). The van der Waals surface area contributed by atoms with Gasteiger partial charge < -0.3 is 0 Å². The van der Waals surface area contributed by atoms with E-state index in [0.717, 1.165) is 6.42 Å². The van der Waals surface area contributed by atoms with Crippen molar-refractivity contribution in [1.29, 1.82) is 0 Å². The highest BCUT2D eigenvalue weighted by Gasteiger charge is 2.13. The van der Waals surface area contributed by atoms with Crippen LogP contribution in [0.2, 0.25) is 0 Å². The lowest BCUT2D eigenvalue weighted by Crippen LogP contribution is -1.91. The number of fused-ring (bicyclic) bond motifs is 1. The molecular formula is C9H11NS. The molecule has 58 valence electrons. The summed E-state index contributed by atoms with van der Waals surface area (Å²) >= 11 is 1.93. The van der Waals surface area contributed by atoms with Crippen LogP contribution in [0.3, 0.4) is 0 Å². The van der Waals surface area contributed by atoms with Gasteiger partial charge in [-0.25, -0.2) is 0 Å². The predicted molar refractivity (Wildman–Crippen MR) is 48.0 cm³/mol. The van der Waals surface area contributed by atoms with Crippen LogP contribution >= 0.6 is 11.8 Å². The van der Waals surface area contributed by atoms with Crippen molar-refractivity contribution in [3.05, 3.63) is 23.5 Å². The molecule has 0 aromatic carbocycles. The topological polar surface area (TPSA) is 12.9 Å². The van der Waals surface area contributed by atoms with Crippen molar-refractivity contribution in [2.24, 2.45) is 0 Å². The van der Waals surface area contributed by atoms with Crippen molar-refractivity contribution in [1.82, 2.24) is 4.98 Å². The highest BCUT2D eigenvalue weighted by molar-refractivity contribution is 7.99. The van der Waals surface area contributed by atoms with Crippen LogP contribution in [0.1, 0.15) is 18.1 Å². The number of pyridine rings is 1. The summed E-state index contributed by atoms with van der Waals surface area (Å²) in [5, 5.41) is 0. The minimum Gasteiger partial charge on any atom is -0.263 e. The Morgan fingerprint density at radius 1 is 1.55 bits per heavy atom. The highest BCUT2D eigenvalue weighted by Crippen LogP contribution is 2.32. The first-order chi connectivity index (χ1) is 5.42. The Morgan fingerprint density at radius 2 is 2.45 bits per heavy atom. The Morgan fingerprint density at radius 3 is 3.27 bits per heavy atom. The summed E-state index contributed by atoms with van der Waals surface area (Å²) in [7, 11) is 0. The summed E-state index contributed by atoms with van der Waals surface area (Å²) in [4.78, 5) is 5.61. The van der Waals surface area contributed by atoms with Crippen LogP contribution in [0.15, 0.2) is 17.3 Å². The van der Waals surface area contributed by atoms with E-state index in [9.17, 15) is 0 Å². The lowest BCUT2D eigenvalue weighted by molar-refractivity contribution is 0.996. The van der Waals surface area contributed by atoms with E-state index in [0.29, 0.717) is 0 Å². The van der Waals surface area contributed by atoms with Crippen molar-refractivity contribution in [2.45, 2.75) is 24.7 Å². The van der Waals surface area contributed by atoms with Gasteiger partial charge in [0.25, 0.3) is 0 Å². The number of aryl methyl sites for hydroxylation is 1. The van der Waals surface area contributed by atoms with Crippen LogP contribution in [0.25, 0.3) is 0 Å². The van der Waals surface area contributed by atoms with Crippen molar-refractivity contribution in [3.8, 4) is 0 Å². The van der Waals surface area contributed by atoms with Gasteiger partial charge >= 0.3 is 0 Å². The molecule has 0 saturated carbocycles. The van der Waals surface area contributed by atoms with Gasteiger partial charge in [-0.1, -0.05) is 6.92 Å². The quantitative estimate of drug-likeness (QED) is 0.633. The van der Waals surface area contributed by atoms with Gasteiger partial charge in [0, 0.05) is 23.0 Å². The van der Waals surface area contributed by atoms with E-state index in [1.54, 1.807) is 5.56 Å². The molecule has 0 spiro atoms. The molecule has 0 atom stereocenters. The standard InChI is InChI=1S/C9H11NS/c1-2-7-5-10-6-9-8(7)3-4-11-9/h5-6H,2-4H2,1H3.